The number of H-pyrrole nitrogens is 1. The molecule has 1 aliphatic heterocycles. The molecule has 4 rings (SSSR count). The molecule has 1 unspecified atom stereocenters. The van der Waals surface area contributed by atoms with Crippen LogP contribution in [0.5, 0.6) is 5.88 Å². The van der Waals surface area contributed by atoms with Crippen LogP contribution in [0.1, 0.15) is 6.42 Å². The van der Waals surface area contributed by atoms with Crippen LogP contribution in [-0.4, -0.2) is 46.9 Å². The molecule has 0 amide bonds. The van der Waals surface area contributed by atoms with Crippen molar-refractivity contribution in [3.8, 4) is 5.88 Å². The van der Waals surface area contributed by atoms with Gasteiger partial charge in [-0.25, -0.2) is 18.2 Å². The summed E-state index contributed by atoms with van der Waals surface area (Å²) in [7, 11) is -3.69. The maximum absolute atomic E-state index is 12.8. The van der Waals surface area contributed by atoms with Gasteiger partial charge in [-0.2, -0.15) is 4.31 Å². The molecule has 1 saturated heterocycles. The van der Waals surface area contributed by atoms with Gasteiger partial charge in [-0.3, -0.25) is 9.97 Å². The summed E-state index contributed by atoms with van der Waals surface area (Å²) in [5, 5.41) is 0. The van der Waals surface area contributed by atoms with Crippen molar-refractivity contribution in [3.05, 3.63) is 47.3 Å². The largest absolute Gasteiger partial charge is 0.472 e. The molecule has 0 spiro atoms. The van der Waals surface area contributed by atoms with E-state index in [2.05, 4.69) is 15.0 Å². The zero-order chi connectivity index (χ0) is 17.4. The second-order valence-electron chi connectivity index (χ2n) is 5.61. The van der Waals surface area contributed by atoms with Crippen molar-refractivity contribution in [2.24, 2.45) is 0 Å². The highest BCUT2D eigenvalue weighted by Crippen LogP contribution is 2.25. The van der Waals surface area contributed by atoms with Crippen molar-refractivity contribution in [2.75, 3.05) is 13.1 Å². The summed E-state index contributed by atoms with van der Waals surface area (Å²) in [6.07, 6.45) is 4.80. The van der Waals surface area contributed by atoms with Gasteiger partial charge in [0.05, 0.1) is 23.2 Å². The molecule has 3 heterocycles. The van der Waals surface area contributed by atoms with E-state index in [4.69, 9.17) is 9.15 Å². The molecule has 0 saturated carbocycles. The van der Waals surface area contributed by atoms with E-state index in [1.54, 1.807) is 0 Å². The standard InChI is InChI=1S/C15H14N4O5S/c20-15-18-12-7-11(1-2-13(12)24-15)25(21,22)19-6-3-10(9-19)23-14-8-16-4-5-17-14/h1-2,4-5,7-8,10H,3,6,9H2,(H,18,20). The van der Waals surface area contributed by atoms with Crippen LogP contribution in [0.2, 0.25) is 0 Å². The van der Waals surface area contributed by atoms with Gasteiger partial charge in [0.25, 0.3) is 0 Å². The summed E-state index contributed by atoms with van der Waals surface area (Å²) in [6.45, 7) is 0.562. The average molecular weight is 362 g/mol. The van der Waals surface area contributed by atoms with Crippen LogP contribution in [0.3, 0.4) is 0 Å². The molecule has 1 atom stereocenters. The number of ether oxygens (including phenoxy) is 1. The number of oxazole rings is 1. The highest BCUT2D eigenvalue weighted by Gasteiger charge is 2.34. The maximum Gasteiger partial charge on any atom is 0.417 e. The van der Waals surface area contributed by atoms with Gasteiger partial charge < -0.3 is 9.15 Å². The second-order valence-corrected chi connectivity index (χ2v) is 7.55. The smallest absolute Gasteiger partial charge is 0.417 e. The first-order chi connectivity index (χ1) is 12.0. The Hall–Kier alpha value is -2.72. The summed E-state index contributed by atoms with van der Waals surface area (Å²) in [5.74, 6) is -0.257. The Balaban J connectivity index is 1.54. The summed E-state index contributed by atoms with van der Waals surface area (Å²) in [5.41, 5.74) is 0.659. The van der Waals surface area contributed by atoms with Crippen LogP contribution in [-0.2, 0) is 10.0 Å². The lowest BCUT2D eigenvalue weighted by atomic mass is 10.3. The minimum atomic E-state index is -3.69. The molecule has 3 aromatic rings. The summed E-state index contributed by atoms with van der Waals surface area (Å²) < 4.78 is 37.5. The van der Waals surface area contributed by atoms with Crippen molar-refractivity contribution < 1.29 is 17.6 Å². The van der Waals surface area contributed by atoms with Crippen LogP contribution in [0.15, 0.2) is 50.9 Å². The lowest BCUT2D eigenvalue weighted by Crippen LogP contribution is -2.31. The Bertz CT molecular complexity index is 1060. The Morgan fingerprint density at radius 1 is 1.32 bits per heavy atom. The Labute approximate surface area is 142 Å². The highest BCUT2D eigenvalue weighted by molar-refractivity contribution is 7.89. The van der Waals surface area contributed by atoms with Gasteiger partial charge in [0.1, 0.15) is 6.10 Å². The van der Waals surface area contributed by atoms with E-state index in [1.807, 2.05) is 0 Å². The highest BCUT2D eigenvalue weighted by atomic mass is 32.2. The van der Waals surface area contributed by atoms with E-state index in [-0.39, 0.29) is 17.5 Å². The molecule has 25 heavy (non-hydrogen) atoms. The Kier molecular flexibility index (Phi) is 3.77. The number of aromatic nitrogens is 3. The predicted molar refractivity (Wildman–Crippen MR) is 86.7 cm³/mol. The Morgan fingerprint density at radius 2 is 2.20 bits per heavy atom. The molecule has 1 fully saturated rings. The van der Waals surface area contributed by atoms with Crippen molar-refractivity contribution in [1.82, 2.24) is 19.3 Å². The molecule has 10 heteroatoms. The molecule has 130 valence electrons. The molecule has 1 N–H and O–H groups in total. The molecular weight excluding hydrogens is 348 g/mol. The fourth-order valence-electron chi connectivity index (χ4n) is 2.77. The first-order valence-corrected chi connectivity index (χ1v) is 9.02. The van der Waals surface area contributed by atoms with Gasteiger partial charge in [-0.15, -0.1) is 0 Å². The van der Waals surface area contributed by atoms with E-state index < -0.39 is 15.8 Å². The minimum absolute atomic E-state index is 0.0946. The molecule has 9 nitrogen and oxygen atoms in total. The number of nitrogens with zero attached hydrogens (tertiary/aromatic N) is 3. The molecule has 1 aliphatic rings. The van der Waals surface area contributed by atoms with E-state index in [9.17, 15) is 13.2 Å². The number of fused-ring (bicyclic) bond motifs is 1. The Morgan fingerprint density at radius 3 is 3.00 bits per heavy atom. The van der Waals surface area contributed by atoms with Crippen LogP contribution in [0, 0.1) is 0 Å². The van der Waals surface area contributed by atoms with Gasteiger partial charge in [-0.1, -0.05) is 0 Å². The third-order valence-corrected chi connectivity index (χ3v) is 5.82. The maximum atomic E-state index is 12.8. The summed E-state index contributed by atoms with van der Waals surface area (Å²) >= 11 is 0. The van der Waals surface area contributed by atoms with Gasteiger partial charge in [0.2, 0.25) is 15.9 Å². The molecule has 0 bridgehead atoms. The van der Waals surface area contributed by atoms with E-state index in [0.29, 0.717) is 29.9 Å². The number of benzene rings is 1. The lowest BCUT2D eigenvalue weighted by molar-refractivity contribution is 0.206. The van der Waals surface area contributed by atoms with Crippen LogP contribution < -0.4 is 10.5 Å². The predicted octanol–water partition coefficient (Wildman–Crippen LogP) is 0.753. The van der Waals surface area contributed by atoms with Gasteiger partial charge in [-0.05, 0) is 24.6 Å². The van der Waals surface area contributed by atoms with Gasteiger partial charge in [0.15, 0.2) is 5.58 Å². The molecule has 2 aromatic heterocycles. The number of rotatable bonds is 4. The van der Waals surface area contributed by atoms with E-state index in [1.165, 1.54) is 41.1 Å². The van der Waals surface area contributed by atoms with Crippen molar-refractivity contribution >= 4 is 21.1 Å². The van der Waals surface area contributed by atoms with Crippen molar-refractivity contribution in [2.45, 2.75) is 17.4 Å². The number of hydrogen-bond donors (Lipinski definition) is 1. The fourth-order valence-corrected chi connectivity index (χ4v) is 4.28. The van der Waals surface area contributed by atoms with Crippen LogP contribution >= 0.6 is 0 Å². The second kappa shape index (κ2) is 5.97. The van der Waals surface area contributed by atoms with Gasteiger partial charge in [0, 0.05) is 18.9 Å². The summed E-state index contributed by atoms with van der Waals surface area (Å²) in [4.78, 5) is 21.7. The number of sulfonamides is 1. The fraction of sp³-hybridized carbons (Fsp3) is 0.267. The zero-order valence-electron chi connectivity index (χ0n) is 13.0. The number of nitrogens with one attached hydrogen (secondary N) is 1. The minimum Gasteiger partial charge on any atom is -0.472 e. The molecule has 0 aliphatic carbocycles. The third-order valence-electron chi connectivity index (χ3n) is 3.96. The van der Waals surface area contributed by atoms with Crippen molar-refractivity contribution in [3.63, 3.8) is 0 Å². The average Bonchev–Trinajstić information content (AvgIpc) is 3.21. The van der Waals surface area contributed by atoms with Crippen LogP contribution in [0.4, 0.5) is 0 Å². The van der Waals surface area contributed by atoms with Crippen LogP contribution in [0.25, 0.3) is 11.1 Å². The quantitative estimate of drug-likeness (QED) is 0.727. The molecule has 1 aromatic carbocycles. The number of aromatic amines is 1. The first kappa shape index (κ1) is 15.8. The van der Waals surface area contributed by atoms with Crippen molar-refractivity contribution in [1.29, 1.82) is 0 Å². The first-order valence-electron chi connectivity index (χ1n) is 7.58. The normalized spacial score (nSPS) is 18.6. The third kappa shape index (κ3) is 3.01. The zero-order valence-corrected chi connectivity index (χ0v) is 13.8. The van der Waals surface area contributed by atoms with E-state index in [0.717, 1.165) is 0 Å². The lowest BCUT2D eigenvalue weighted by Gasteiger charge is -2.17. The topological polar surface area (TPSA) is 118 Å². The molecular formula is C15H14N4O5S. The monoisotopic (exact) mass is 362 g/mol. The number of hydrogen-bond acceptors (Lipinski definition) is 7. The van der Waals surface area contributed by atoms with Gasteiger partial charge >= 0.3 is 5.76 Å². The SMILES string of the molecule is O=c1[nH]c2cc(S(=O)(=O)N3CCC(Oc4cnccn4)C3)ccc2o1. The summed E-state index contributed by atoms with van der Waals surface area (Å²) in [6, 6.07) is 4.28. The van der Waals surface area contributed by atoms with E-state index >= 15 is 0 Å². The molecule has 0 radical (unpaired) electrons.